The number of nitrogens with one attached hydrogen (secondary N) is 1. The van der Waals surface area contributed by atoms with Crippen LogP contribution in [0.5, 0.6) is 0 Å². The summed E-state index contributed by atoms with van der Waals surface area (Å²) in [6.45, 7) is 9.48. The van der Waals surface area contributed by atoms with Crippen LogP contribution in [0.25, 0.3) is 0 Å². The lowest BCUT2D eigenvalue weighted by molar-refractivity contribution is -0.123. The van der Waals surface area contributed by atoms with Gasteiger partial charge >= 0.3 is 0 Å². The van der Waals surface area contributed by atoms with E-state index in [1.807, 2.05) is 27.7 Å². The summed E-state index contributed by atoms with van der Waals surface area (Å²) in [5.74, 6) is 0.255. The predicted octanol–water partition coefficient (Wildman–Crippen LogP) is 2.99. The number of ether oxygens (including phenoxy) is 1. The molecule has 1 N–H and O–H groups in total. The van der Waals surface area contributed by atoms with Crippen LogP contribution in [-0.4, -0.2) is 26.2 Å². The highest BCUT2D eigenvalue weighted by Crippen LogP contribution is 1.99. The second kappa shape index (κ2) is 14.4. The van der Waals surface area contributed by atoms with E-state index in [1.54, 1.807) is 7.11 Å². The maximum absolute atomic E-state index is 11.1. The largest absolute Gasteiger partial charge is 0.385 e. The molecular weight excluding hydrogens is 202 g/mol. The van der Waals surface area contributed by atoms with Gasteiger partial charge < -0.3 is 10.1 Å². The van der Waals surface area contributed by atoms with Crippen LogP contribution in [0.3, 0.4) is 0 Å². The van der Waals surface area contributed by atoms with E-state index in [0.717, 1.165) is 26.0 Å². The molecule has 0 aromatic rings. The zero-order chi connectivity index (χ0) is 12.8. The van der Waals surface area contributed by atoms with E-state index >= 15 is 0 Å². The van der Waals surface area contributed by atoms with Crippen molar-refractivity contribution in [2.45, 2.75) is 53.4 Å². The van der Waals surface area contributed by atoms with Crippen molar-refractivity contribution in [3.05, 3.63) is 0 Å². The lowest BCUT2D eigenvalue weighted by atomic mass is 10.2. The molecule has 0 rings (SSSR count). The fourth-order valence-electron chi connectivity index (χ4n) is 1.14. The number of carbonyl (C=O) groups excluding carboxylic acids is 1. The number of amides is 1. The van der Waals surface area contributed by atoms with Crippen molar-refractivity contribution < 1.29 is 9.53 Å². The fraction of sp³-hybridized carbons (Fsp3) is 0.923. The molecule has 0 heterocycles. The molecule has 0 aromatic heterocycles. The predicted molar refractivity (Wildman–Crippen MR) is 69.5 cm³/mol. The zero-order valence-electron chi connectivity index (χ0n) is 11.6. The number of methoxy groups -OCH3 is 1. The van der Waals surface area contributed by atoms with E-state index in [4.69, 9.17) is 4.74 Å². The summed E-state index contributed by atoms with van der Waals surface area (Å²) in [4.78, 5) is 11.1. The van der Waals surface area contributed by atoms with Gasteiger partial charge in [-0.25, -0.2) is 0 Å². The van der Waals surface area contributed by atoms with Crippen molar-refractivity contribution in [1.82, 2.24) is 5.32 Å². The Balaban J connectivity index is 0. The fourth-order valence-corrected chi connectivity index (χ4v) is 1.14. The van der Waals surface area contributed by atoms with Gasteiger partial charge in [0.25, 0.3) is 0 Å². The van der Waals surface area contributed by atoms with Gasteiger partial charge in [-0.05, 0) is 12.8 Å². The molecule has 0 saturated heterocycles. The highest BCUT2D eigenvalue weighted by atomic mass is 16.5. The third kappa shape index (κ3) is 13.4. The SMILES string of the molecule is CC.COCCCCCCNC(=O)C(C)C. The van der Waals surface area contributed by atoms with Crippen LogP contribution in [0.15, 0.2) is 0 Å². The van der Waals surface area contributed by atoms with E-state index < -0.39 is 0 Å². The van der Waals surface area contributed by atoms with Gasteiger partial charge in [0.05, 0.1) is 0 Å². The van der Waals surface area contributed by atoms with Gasteiger partial charge in [-0.2, -0.15) is 0 Å². The zero-order valence-corrected chi connectivity index (χ0v) is 11.6. The number of unbranched alkanes of at least 4 members (excludes halogenated alkanes) is 3. The second-order valence-corrected chi connectivity index (χ2v) is 3.85. The molecule has 0 spiro atoms. The van der Waals surface area contributed by atoms with E-state index in [0.29, 0.717) is 0 Å². The molecule has 0 radical (unpaired) electrons. The Kier molecular flexibility index (Phi) is 16.1. The van der Waals surface area contributed by atoms with Crippen molar-refractivity contribution in [2.24, 2.45) is 5.92 Å². The third-order valence-electron chi connectivity index (χ3n) is 2.10. The number of carbonyl (C=O) groups is 1. The maximum Gasteiger partial charge on any atom is 0.222 e. The molecule has 0 unspecified atom stereocenters. The van der Waals surface area contributed by atoms with Gasteiger partial charge in [-0.15, -0.1) is 0 Å². The first-order valence-corrected chi connectivity index (χ1v) is 6.45. The molecule has 1 amide bonds. The molecular formula is C13H29NO2. The first-order chi connectivity index (χ1) is 7.68. The molecule has 0 aromatic carbocycles. The molecule has 16 heavy (non-hydrogen) atoms. The summed E-state index contributed by atoms with van der Waals surface area (Å²) in [6.07, 6.45) is 4.55. The lowest BCUT2D eigenvalue weighted by Crippen LogP contribution is -2.28. The molecule has 3 nitrogen and oxygen atoms in total. The average Bonchev–Trinajstić information content (AvgIpc) is 2.30. The standard InChI is InChI=1S/C11H23NO2.C2H6/c1-10(2)11(13)12-8-6-4-5-7-9-14-3;1-2/h10H,4-9H2,1-3H3,(H,12,13);1-2H3. The van der Waals surface area contributed by atoms with Gasteiger partial charge in [0.1, 0.15) is 0 Å². The molecule has 0 fully saturated rings. The molecule has 0 aliphatic heterocycles. The Morgan fingerprint density at radius 2 is 1.69 bits per heavy atom. The van der Waals surface area contributed by atoms with Crippen LogP contribution in [-0.2, 0) is 9.53 Å². The lowest BCUT2D eigenvalue weighted by Gasteiger charge is -2.06. The van der Waals surface area contributed by atoms with Crippen molar-refractivity contribution in [1.29, 1.82) is 0 Å². The van der Waals surface area contributed by atoms with Crippen LogP contribution in [0, 0.1) is 5.92 Å². The van der Waals surface area contributed by atoms with Crippen LogP contribution in [0.4, 0.5) is 0 Å². The number of hydrogen-bond acceptors (Lipinski definition) is 2. The highest BCUT2D eigenvalue weighted by molar-refractivity contribution is 5.77. The van der Waals surface area contributed by atoms with E-state index in [-0.39, 0.29) is 11.8 Å². The molecule has 0 bridgehead atoms. The highest BCUT2D eigenvalue weighted by Gasteiger charge is 2.04. The molecule has 0 aliphatic carbocycles. The summed E-state index contributed by atoms with van der Waals surface area (Å²) < 4.78 is 4.95. The minimum Gasteiger partial charge on any atom is -0.385 e. The average molecular weight is 231 g/mol. The Bertz CT molecular complexity index is 147. The monoisotopic (exact) mass is 231 g/mol. The van der Waals surface area contributed by atoms with Crippen molar-refractivity contribution >= 4 is 5.91 Å². The summed E-state index contributed by atoms with van der Waals surface area (Å²) in [7, 11) is 1.73. The van der Waals surface area contributed by atoms with Crippen LogP contribution in [0.2, 0.25) is 0 Å². The quantitative estimate of drug-likeness (QED) is 0.652. The summed E-state index contributed by atoms with van der Waals surface area (Å²) >= 11 is 0. The molecule has 0 atom stereocenters. The van der Waals surface area contributed by atoms with Gasteiger partial charge in [-0.1, -0.05) is 40.5 Å². The minimum atomic E-state index is 0.100. The van der Waals surface area contributed by atoms with Crippen LogP contribution < -0.4 is 5.32 Å². The number of hydrogen-bond donors (Lipinski definition) is 1. The van der Waals surface area contributed by atoms with Crippen molar-refractivity contribution in [3.63, 3.8) is 0 Å². The van der Waals surface area contributed by atoms with E-state index in [2.05, 4.69) is 5.32 Å². The van der Waals surface area contributed by atoms with Gasteiger partial charge in [0, 0.05) is 26.2 Å². The number of rotatable bonds is 8. The second-order valence-electron chi connectivity index (χ2n) is 3.85. The van der Waals surface area contributed by atoms with Crippen LogP contribution in [0.1, 0.15) is 53.4 Å². The summed E-state index contributed by atoms with van der Waals surface area (Å²) in [5.41, 5.74) is 0. The smallest absolute Gasteiger partial charge is 0.222 e. The molecule has 0 saturated carbocycles. The normalized spacial score (nSPS) is 9.62. The Hall–Kier alpha value is -0.570. The van der Waals surface area contributed by atoms with E-state index in [1.165, 1.54) is 12.8 Å². The molecule has 98 valence electrons. The van der Waals surface area contributed by atoms with E-state index in [9.17, 15) is 4.79 Å². The Morgan fingerprint density at radius 1 is 1.12 bits per heavy atom. The van der Waals surface area contributed by atoms with Crippen molar-refractivity contribution in [2.75, 3.05) is 20.3 Å². The third-order valence-corrected chi connectivity index (χ3v) is 2.10. The van der Waals surface area contributed by atoms with Gasteiger partial charge in [0.2, 0.25) is 5.91 Å². The summed E-state index contributed by atoms with van der Waals surface area (Å²) in [6, 6.07) is 0. The topological polar surface area (TPSA) is 38.3 Å². The van der Waals surface area contributed by atoms with Gasteiger partial charge in [0.15, 0.2) is 0 Å². The van der Waals surface area contributed by atoms with Crippen molar-refractivity contribution in [3.8, 4) is 0 Å². The maximum atomic E-state index is 11.1. The van der Waals surface area contributed by atoms with Gasteiger partial charge in [-0.3, -0.25) is 4.79 Å². The first-order valence-electron chi connectivity index (χ1n) is 6.45. The summed E-state index contributed by atoms with van der Waals surface area (Å²) in [5, 5.41) is 2.90. The Labute approximate surface area is 101 Å². The van der Waals surface area contributed by atoms with Crippen LogP contribution >= 0.6 is 0 Å². The molecule has 0 aliphatic rings. The minimum absolute atomic E-state index is 0.100. The molecule has 3 heteroatoms. The first kappa shape index (κ1) is 17.8. The Morgan fingerprint density at radius 3 is 2.19 bits per heavy atom.